The Hall–Kier alpha value is -1.92. The normalized spacial score (nSPS) is 12.6. The van der Waals surface area contributed by atoms with Crippen LogP contribution in [0.25, 0.3) is 0 Å². The van der Waals surface area contributed by atoms with Gasteiger partial charge in [0.25, 0.3) is 0 Å². The van der Waals surface area contributed by atoms with Gasteiger partial charge < -0.3 is 20.1 Å². The number of carbonyl (C=O) groups is 1. The second-order valence-corrected chi connectivity index (χ2v) is 6.20. The van der Waals surface area contributed by atoms with Gasteiger partial charge in [0.15, 0.2) is 11.5 Å². The van der Waals surface area contributed by atoms with Crippen molar-refractivity contribution in [2.24, 2.45) is 0 Å². The predicted molar refractivity (Wildman–Crippen MR) is 92.4 cm³/mol. The highest BCUT2D eigenvalue weighted by Gasteiger charge is 2.16. The molecule has 120 valence electrons. The smallest absolute Gasteiger partial charge is 0.319 e. The van der Waals surface area contributed by atoms with Crippen LogP contribution in [0.1, 0.15) is 5.56 Å². The van der Waals surface area contributed by atoms with Crippen LogP contribution in [0.4, 0.5) is 10.5 Å². The van der Waals surface area contributed by atoms with Crippen LogP contribution in [0.5, 0.6) is 11.5 Å². The first kappa shape index (κ1) is 16.0. The summed E-state index contributed by atoms with van der Waals surface area (Å²) in [4.78, 5) is 12.0. The van der Waals surface area contributed by atoms with Crippen LogP contribution in [-0.2, 0) is 6.54 Å². The Kier molecular flexibility index (Phi) is 4.93. The summed E-state index contributed by atoms with van der Waals surface area (Å²) in [6.45, 7) is 1.43. The molecule has 0 saturated heterocycles. The van der Waals surface area contributed by atoms with Crippen molar-refractivity contribution in [2.75, 3.05) is 18.5 Å². The Morgan fingerprint density at radius 1 is 1.13 bits per heavy atom. The SMILES string of the molecule is O=C(NCc1ccc(Cl)cc1)Nc1cc2c(cc1Br)OCCO2. The zero-order chi connectivity index (χ0) is 16.2. The number of fused-ring (bicyclic) bond motifs is 1. The monoisotopic (exact) mass is 396 g/mol. The number of urea groups is 1. The molecule has 0 bridgehead atoms. The summed E-state index contributed by atoms with van der Waals surface area (Å²) in [6, 6.07) is 10.5. The van der Waals surface area contributed by atoms with Crippen LogP contribution in [0.15, 0.2) is 40.9 Å². The maximum Gasteiger partial charge on any atom is 0.319 e. The zero-order valence-corrected chi connectivity index (χ0v) is 14.4. The Bertz CT molecular complexity index is 722. The number of halogens is 2. The van der Waals surface area contributed by atoms with Crippen LogP contribution in [0.2, 0.25) is 5.02 Å². The average molecular weight is 398 g/mol. The van der Waals surface area contributed by atoms with Gasteiger partial charge in [-0.1, -0.05) is 23.7 Å². The molecule has 0 radical (unpaired) electrons. The van der Waals surface area contributed by atoms with Crippen molar-refractivity contribution in [3.8, 4) is 11.5 Å². The van der Waals surface area contributed by atoms with E-state index in [2.05, 4.69) is 26.6 Å². The molecule has 5 nitrogen and oxygen atoms in total. The van der Waals surface area contributed by atoms with Gasteiger partial charge in [-0.2, -0.15) is 0 Å². The molecule has 2 N–H and O–H groups in total. The first-order valence-electron chi connectivity index (χ1n) is 7.00. The van der Waals surface area contributed by atoms with E-state index in [9.17, 15) is 4.79 Å². The van der Waals surface area contributed by atoms with Gasteiger partial charge in [-0.25, -0.2) is 4.79 Å². The topological polar surface area (TPSA) is 59.6 Å². The minimum atomic E-state index is -0.308. The Labute approximate surface area is 147 Å². The van der Waals surface area contributed by atoms with E-state index in [0.717, 1.165) is 10.0 Å². The van der Waals surface area contributed by atoms with E-state index >= 15 is 0 Å². The number of benzene rings is 2. The van der Waals surface area contributed by atoms with Crippen LogP contribution in [0.3, 0.4) is 0 Å². The third-order valence-electron chi connectivity index (χ3n) is 3.25. The van der Waals surface area contributed by atoms with Gasteiger partial charge in [-0.05, 0) is 33.6 Å². The number of nitrogens with one attached hydrogen (secondary N) is 2. The average Bonchev–Trinajstić information content (AvgIpc) is 2.55. The number of rotatable bonds is 3. The second-order valence-electron chi connectivity index (χ2n) is 4.91. The summed E-state index contributed by atoms with van der Waals surface area (Å²) in [7, 11) is 0. The van der Waals surface area contributed by atoms with E-state index in [1.54, 1.807) is 24.3 Å². The van der Waals surface area contributed by atoms with E-state index < -0.39 is 0 Å². The molecule has 23 heavy (non-hydrogen) atoms. The molecule has 3 rings (SSSR count). The highest BCUT2D eigenvalue weighted by Crippen LogP contribution is 2.38. The first-order valence-corrected chi connectivity index (χ1v) is 8.17. The molecule has 0 spiro atoms. The largest absolute Gasteiger partial charge is 0.486 e. The first-order chi connectivity index (χ1) is 11.1. The fourth-order valence-corrected chi connectivity index (χ4v) is 2.66. The molecule has 0 aliphatic carbocycles. The lowest BCUT2D eigenvalue weighted by Crippen LogP contribution is -2.28. The van der Waals surface area contributed by atoms with Crippen LogP contribution in [0, 0.1) is 0 Å². The van der Waals surface area contributed by atoms with Gasteiger partial charge in [0.2, 0.25) is 0 Å². The molecule has 7 heteroatoms. The van der Waals surface area contributed by atoms with Gasteiger partial charge in [0.05, 0.1) is 5.69 Å². The molecule has 1 aliphatic rings. The van der Waals surface area contributed by atoms with E-state index in [1.165, 1.54) is 0 Å². The van der Waals surface area contributed by atoms with Crippen molar-refractivity contribution in [1.82, 2.24) is 5.32 Å². The fraction of sp³-hybridized carbons (Fsp3) is 0.188. The number of hydrogen-bond acceptors (Lipinski definition) is 3. The highest BCUT2D eigenvalue weighted by atomic mass is 79.9. The number of carbonyl (C=O) groups excluding carboxylic acids is 1. The second kappa shape index (κ2) is 7.10. The minimum absolute atomic E-state index is 0.308. The van der Waals surface area contributed by atoms with Crippen molar-refractivity contribution in [2.45, 2.75) is 6.54 Å². The summed E-state index contributed by atoms with van der Waals surface area (Å²) in [5.74, 6) is 1.28. The molecule has 0 unspecified atom stereocenters. The number of amides is 2. The van der Waals surface area contributed by atoms with Gasteiger partial charge >= 0.3 is 6.03 Å². The van der Waals surface area contributed by atoms with Gasteiger partial charge in [0, 0.05) is 28.2 Å². The lowest BCUT2D eigenvalue weighted by Gasteiger charge is -2.20. The lowest BCUT2D eigenvalue weighted by molar-refractivity contribution is 0.171. The van der Waals surface area contributed by atoms with Gasteiger partial charge in [0.1, 0.15) is 13.2 Å². The summed E-state index contributed by atoms with van der Waals surface area (Å²) < 4.78 is 11.7. The zero-order valence-electron chi connectivity index (χ0n) is 12.1. The summed E-state index contributed by atoms with van der Waals surface area (Å²) >= 11 is 9.25. The summed E-state index contributed by atoms with van der Waals surface area (Å²) in [5.41, 5.74) is 1.58. The lowest BCUT2D eigenvalue weighted by atomic mass is 10.2. The summed E-state index contributed by atoms with van der Waals surface area (Å²) in [6.07, 6.45) is 0. The van der Waals surface area contributed by atoms with E-state index in [1.807, 2.05) is 12.1 Å². The maximum absolute atomic E-state index is 12.0. The Balaban J connectivity index is 1.62. The molecule has 0 atom stereocenters. The fourth-order valence-electron chi connectivity index (χ4n) is 2.11. The minimum Gasteiger partial charge on any atom is -0.486 e. The molecule has 2 aromatic carbocycles. The van der Waals surface area contributed by atoms with Crippen molar-refractivity contribution < 1.29 is 14.3 Å². The molecule has 1 aliphatic heterocycles. The van der Waals surface area contributed by atoms with Crippen LogP contribution in [-0.4, -0.2) is 19.2 Å². The number of hydrogen-bond donors (Lipinski definition) is 2. The van der Waals surface area contributed by atoms with E-state index in [0.29, 0.717) is 42.0 Å². The summed E-state index contributed by atoms with van der Waals surface area (Å²) in [5, 5.41) is 6.24. The van der Waals surface area contributed by atoms with Gasteiger partial charge in [-0.3, -0.25) is 0 Å². The number of anilines is 1. The van der Waals surface area contributed by atoms with Crippen LogP contribution < -0.4 is 20.1 Å². The molecule has 0 aromatic heterocycles. The molecular formula is C16H14BrClN2O3. The third kappa shape index (κ3) is 4.09. The van der Waals surface area contributed by atoms with Crippen molar-refractivity contribution in [3.63, 3.8) is 0 Å². The molecule has 1 heterocycles. The van der Waals surface area contributed by atoms with Crippen molar-refractivity contribution >= 4 is 39.2 Å². The highest BCUT2D eigenvalue weighted by molar-refractivity contribution is 9.10. The third-order valence-corrected chi connectivity index (χ3v) is 4.15. The molecule has 0 saturated carbocycles. The Morgan fingerprint density at radius 3 is 2.48 bits per heavy atom. The predicted octanol–water partition coefficient (Wildman–Crippen LogP) is 4.20. The standard InChI is InChI=1S/C16H14BrClN2O3/c17-12-7-14-15(23-6-5-22-14)8-13(12)20-16(21)19-9-10-1-3-11(18)4-2-10/h1-4,7-8H,5-6,9H2,(H2,19,20,21). The molecule has 0 fully saturated rings. The van der Waals surface area contributed by atoms with Gasteiger partial charge in [-0.15, -0.1) is 0 Å². The number of ether oxygens (including phenoxy) is 2. The van der Waals surface area contributed by atoms with Crippen LogP contribution >= 0.6 is 27.5 Å². The molecule has 2 amide bonds. The van der Waals surface area contributed by atoms with Crippen molar-refractivity contribution in [1.29, 1.82) is 0 Å². The van der Waals surface area contributed by atoms with E-state index in [4.69, 9.17) is 21.1 Å². The quantitative estimate of drug-likeness (QED) is 0.816. The molecule has 2 aromatic rings. The maximum atomic E-state index is 12.0. The van der Waals surface area contributed by atoms with E-state index in [-0.39, 0.29) is 6.03 Å². The molecular weight excluding hydrogens is 384 g/mol. The van der Waals surface area contributed by atoms with Crippen molar-refractivity contribution in [3.05, 3.63) is 51.5 Å². The Morgan fingerprint density at radius 2 is 1.78 bits per heavy atom.